The van der Waals surface area contributed by atoms with Crippen LogP contribution in [-0.2, 0) is 19.1 Å². The third kappa shape index (κ3) is 4.93. The van der Waals surface area contributed by atoms with E-state index in [0.29, 0.717) is 6.42 Å². The van der Waals surface area contributed by atoms with Gasteiger partial charge in [0.1, 0.15) is 6.10 Å². The molecule has 0 aromatic rings. The van der Waals surface area contributed by atoms with Crippen LogP contribution in [0.15, 0.2) is 0 Å². The molecule has 0 bridgehead atoms. The van der Waals surface area contributed by atoms with E-state index in [1.54, 1.807) is 0 Å². The summed E-state index contributed by atoms with van der Waals surface area (Å²) in [5, 5.41) is 0. The van der Waals surface area contributed by atoms with E-state index in [4.69, 9.17) is 4.74 Å². The number of methoxy groups -OCH3 is 1. The van der Waals surface area contributed by atoms with Crippen LogP contribution in [0.2, 0.25) is 0 Å². The lowest BCUT2D eigenvalue weighted by Gasteiger charge is -1.99. The molecule has 2 unspecified atom stereocenters. The molecular formula is C11H18O4. The molecule has 0 radical (unpaired) electrons. The second-order valence-corrected chi connectivity index (χ2v) is 3.80. The van der Waals surface area contributed by atoms with Crippen molar-refractivity contribution in [2.75, 3.05) is 7.11 Å². The van der Waals surface area contributed by atoms with Crippen molar-refractivity contribution in [1.29, 1.82) is 0 Å². The first-order valence-electron chi connectivity index (χ1n) is 5.45. The minimum atomic E-state index is -0.139. The molecule has 2 atom stereocenters. The van der Waals surface area contributed by atoms with Gasteiger partial charge in [0.15, 0.2) is 6.29 Å². The highest BCUT2D eigenvalue weighted by Crippen LogP contribution is 2.25. The van der Waals surface area contributed by atoms with Crippen LogP contribution in [0, 0.1) is 0 Å². The summed E-state index contributed by atoms with van der Waals surface area (Å²) in [6.07, 6.45) is 6.43. The highest BCUT2D eigenvalue weighted by molar-refractivity contribution is 5.68. The fourth-order valence-corrected chi connectivity index (χ4v) is 1.58. The number of esters is 1. The Hall–Kier alpha value is -0.900. The zero-order chi connectivity index (χ0) is 11.1. The van der Waals surface area contributed by atoms with Gasteiger partial charge in [-0.1, -0.05) is 19.3 Å². The number of carbonyl (C=O) groups excluding carboxylic acids is 2. The monoisotopic (exact) mass is 214 g/mol. The van der Waals surface area contributed by atoms with Crippen molar-refractivity contribution in [3.63, 3.8) is 0 Å². The summed E-state index contributed by atoms with van der Waals surface area (Å²) in [5.74, 6) is -0.137. The second-order valence-electron chi connectivity index (χ2n) is 3.80. The van der Waals surface area contributed by atoms with E-state index in [1.807, 2.05) is 0 Å². The van der Waals surface area contributed by atoms with E-state index in [0.717, 1.165) is 38.4 Å². The van der Waals surface area contributed by atoms with Gasteiger partial charge in [-0.15, -0.1) is 0 Å². The number of rotatable bonds is 8. The van der Waals surface area contributed by atoms with Gasteiger partial charge in [0.25, 0.3) is 0 Å². The molecule has 1 heterocycles. The molecule has 4 heteroatoms. The van der Waals surface area contributed by atoms with Crippen LogP contribution in [0.1, 0.15) is 38.5 Å². The Morgan fingerprint density at radius 3 is 2.67 bits per heavy atom. The molecule has 0 N–H and O–H groups in total. The Labute approximate surface area is 89.9 Å². The van der Waals surface area contributed by atoms with Crippen LogP contribution in [-0.4, -0.2) is 31.6 Å². The van der Waals surface area contributed by atoms with Crippen LogP contribution in [0.4, 0.5) is 0 Å². The number of ether oxygens (including phenoxy) is 2. The summed E-state index contributed by atoms with van der Waals surface area (Å²) in [6.45, 7) is 0. The maximum atomic E-state index is 10.8. The first kappa shape index (κ1) is 12.2. The van der Waals surface area contributed by atoms with E-state index in [2.05, 4.69) is 4.74 Å². The molecule has 4 nitrogen and oxygen atoms in total. The zero-order valence-electron chi connectivity index (χ0n) is 9.11. The topological polar surface area (TPSA) is 55.9 Å². The quantitative estimate of drug-likeness (QED) is 0.266. The van der Waals surface area contributed by atoms with Crippen LogP contribution in [0.5, 0.6) is 0 Å². The molecule has 1 rings (SSSR count). The maximum absolute atomic E-state index is 10.8. The fourth-order valence-electron chi connectivity index (χ4n) is 1.58. The number of aldehydes is 1. The SMILES string of the molecule is COC(=O)CCCCCCC1OC1C=O. The molecule has 0 aromatic carbocycles. The number of carbonyl (C=O) groups is 2. The van der Waals surface area contributed by atoms with Gasteiger partial charge in [-0.25, -0.2) is 0 Å². The smallest absolute Gasteiger partial charge is 0.305 e. The van der Waals surface area contributed by atoms with Crippen molar-refractivity contribution in [3.8, 4) is 0 Å². The van der Waals surface area contributed by atoms with Crippen molar-refractivity contribution in [2.24, 2.45) is 0 Å². The van der Waals surface area contributed by atoms with Crippen LogP contribution in [0.25, 0.3) is 0 Å². The summed E-state index contributed by atoms with van der Waals surface area (Å²) in [4.78, 5) is 21.0. The highest BCUT2D eigenvalue weighted by Gasteiger charge is 2.37. The average molecular weight is 214 g/mol. The molecule has 0 aromatic heterocycles. The van der Waals surface area contributed by atoms with Crippen LogP contribution < -0.4 is 0 Å². The van der Waals surface area contributed by atoms with Crippen molar-refractivity contribution in [2.45, 2.75) is 50.7 Å². The van der Waals surface area contributed by atoms with E-state index in [-0.39, 0.29) is 18.2 Å². The lowest BCUT2D eigenvalue weighted by molar-refractivity contribution is -0.140. The predicted octanol–water partition coefficient (Wildman–Crippen LogP) is 1.47. The number of unbranched alkanes of at least 4 members (excludes halogenated alkanes) is 3. The summed E-state index contributed by atoms with van der Waals surface area (Å²) in [5.41, 5.74) is 0. The Kier molecular flexibility index (Phi) is 5.32. The summed E-state index contributed by atoms with van der Waals surface area (Å²) < 4.78 is 9.62. The molecule has 0 spiro atoms. The van der Waals surface area contributed by atoms with Crippen LogP contribution >= 0.6 is 0 Å². The molecule has 1 fully saturated rings. The Morgan fingerprint density at radius 1 is 1.33 bits per heavy atom. The molecule has 0 aliphatic carbocycles. The largest absolute Gasteiger partial charge is 0.469 e. The van der Waals surface area contributed by atoms with Gasteiger partial charge in [0, 0.05) is 6.42 Å². The Morgan fingerprint density at radius 2 is 2.07 bits per heavy atom. The molecule has 86 valence electrons. The molecule has 1 aliphatic heterocycles. The summed E-state index contributed by atoms with van der Waals surface area (Å²) in [6, 6.07) is 0. The molecular weight excluding hydrogens is 196 g/mol. The lowest BCUT2D eigenvalue weighted by Crippen LogP contribution is -1.99. The molecule has 0 saturated carbocycles. The van der Waals surface area contributed by atoms with Gasteiger partial charge in [0.2, 0.25) is 0 Å². The van der Waals surface area contributed by atoms with Crippen molar-refractivity contribution >= 4 is 12.3 Å². The molecule has 1 aliphatic rings. The lowest BCUT2D eigenvalue weighted by atomic mass is 10.1. The Balaban J connectivity index is 1.82. The van der Waals surface area contributed by atoms with E-state index >= 15 is 0 Å². The highest BCUT2D eigenvalue weighted by atomic mass is 16.6. The van der Waals surface area contributed by atoms with Crippen molar-refractivity contribution < 1.29 is 19.1 Å². The first-order valence-corrected chi connectivity index (χ1v) is 5.45. The number of hydrogen-bond acceptors (Lipinski definition) is 4. The summed E-state index contributed by atoms with van der Waals surface area (Å²) in [7, 11) is 1.41. The normalized spacial score (nSPS) is 23.5. The van der Waals surface area contributed by atoms with Crippen LogP contribution in [0.3, 0.4) is 0 Å². The van der Waals surface area contributed by atoms with Gasteiger partial charge in [-0.2, -0.15) is 0 Å². The summed E-state index contributed by atoms with van der Waals surface area (Å²) >= 11 is 0. The molecule has 0 amide bonds. The third-order valence-electron chi connectivity index (χ3n) is 2.60. The van der Waals surface area contributed by atoms with Gasteiger partial charge < -0.3 is 14.3 Å². The predicted molar refractivity (Wildman–Crippen MR) is 54.4 cm³/mol. The standard InChI is InChI=1S/C11H18O4/c1-14-11(13)7-5-3-2-4-6-9-10(8-12)15-9/h8-10H,2-7H2,1H3. The van der Waals surface area contributed by atoms with Gasteiger partial charge in [-0.3, -0.25) is 4.79 Å². The second kappa shape index (κ2) is 6.56. The van der Waals surface area contributed by atoms with Crippen molar-refractivity contribution in [1.82, 2.24) is 0 Å². The van der Waals surface area contributed by atoms with Gasteiger partial charge >= 0.3 is 5.97 Å². The zero-order valence-corrected chi connectivity index (χ0v) is 9.11. The van der Waals surface area contributed by atoms with E-state index in [9.17, 15) is 9.59 Å². The molecule has 1 saturated heterocycles. The van der Waals surface area contributed by atoms with E-state index < -0.39 is 0 Å². The third-order valence-corrected chi connectivity index (χ3v) is 2.60. The minimum absolute atomic E-state index is 0.137. The van der Waals surface area contributed by atoms with E-state index in [1.165, 1.54) is 7.11 Å². The minimum Gasteiger partial charge on any atom is -0.469 e. The fraction of sp³-hybridized carbons (Fsp3) is 0.818. The number of epoxide rings is 1. The van der Waals surface area contributed by atoms with Gasteiger partial charge in [-0.05, 0) is 12.8 Å². The van der Waals surface area contributed by atoms with Gasteiger partial charge in [0.05, 0.1) is 13.2 Å². The maximum Gasteiger partial charge on any atom is 0.305 e. The first-order chi connectivity index (χ1) is 7.27. The Bertz CT molecular complexity index is 215. The molecule has 15 heavy (non-hydrogen) atoms. The van der Waals surface area contributed by atoms with Crippen molar-refractivity contribution in [3.05, 3.63) is 0 Å². The number of hydrogen-bond donors (Lipinski definition) is 0. The average Bonchev–Trinajstić information content (AvgIpc) is 3.01.